The third-order valence-corrected chi connectivity index (χ3v) is 6.77. The minimum absolute atomic E-state index is 0.191. The fourth-order valence-corrected chi connectivity index (χ4v) is 4.91. The number of imidazole rings is 1. The molecule has 2 aromatic carbocycles. The lowest BCUT2D eigenvalue weighted by atomic mass is 9.98. The van der Waals surface area contributed by atoms with Crippen LogP contribution in [-0.4, -0.2) is 53.0 Å². The number of nitrogens with one attached hydrogen (secondary N) is 1. The highest BCUT2D eigenvalue weighted by molar-refractivity contribution is 5.80. The van der Waals surface area contributed by atoms with Crippen LogP contribution in [0.3, 0.4) is 0 Å². The molecule has 0 atom stereocenters. The minimum atomic E-state index is -0.343. The summed E-state index contributed by atoms with van der Waals surface area (Å²) in [6, 6.07) is 16.2. The number of ether oxygens (including phenoxy) is 1. The molecule has 202 valence electrons. The second kappa shape index (κ2) is 11.6. The summed E-state index contributed by atoms with van der Waals surface area (Å²) >= 11 is 0. The zero-order valence-electron chi connectivity index (χ0n) is 22.4. The lowest BCUT2D eigenvalue weighted by Crippen LogP contribution is -2.41. The number of nitrogens with zero attached hydrogens (tertiary/aromatic N) is 7. The number of aryl methyl sites for hydroxylation is 2. The molecule has 0 aliphatic heterocycles. The number of rotatable bonds is 11. The highest BCUT2D eigenvalue weighted by Crippen LogP contribution is 2.30. The van der Waals surface area contributed by atoms with Crippen molar-refractivity contribution in [3.8, 4) is 22.5 Å². The van der Waals surface area contributed by atoms with E-state index >= 15 is 0 Å². The Morgan fingerprint density at radius 3 is 2.33 bits per heavy atom. The summed E-state index contributed by atoms with van der Waals surface area (Å²) in [7, 11) is 1.56. The van der Waals surface area contributed by atoms with E-state index in [2.05, 4.69) is 51.8 Å². The number of aromatic nitrogens is 8. The normalized spacial score (nSPS) is 11.5. The van der Waals surface area contributed by atoms with Gasteiger partial charge in [-0.05, 0) is 40.0 Å². The number of H-pyrrole nitrogens is 1. The Balaban J connectivity index is 1.58. The fraction of sp³-hybridized carbons (Fsp3) is 0.357. The maximum Gasteiger partial charge on any atom is 0.332 e. The Morgan fingerprint density at radius 2 is 1.67 bits per heavy atom. The van der Waals surface area contributed by atoms with Crippen LogP contribution in [0.5, 0.6) is 0 Å². The molecule has 3 heterocycles. The first-order chi connectivity index (χ1) is 19.1. The van der Waals surface area contributed by atoms with Gasteiger partial charge in [0.05, 0.1) is 13.2 Å². The van der Waals surface area contributed by atoms with E-state index in [4.69, 9.17) is 9.72 Å². The molecule has 39 heavy (non-hydrogen) atoms. The molecular formula is C28H32N8O3. The van der Waals surface area contributed by atoms with Crippen molar-refractivity contribution in [1.29, 1.82) is 0 Å². The second-order valence-corrected chi connectivity index (χ2v) is 9.41. The first-order valence-electron chi connectivity index (χ1n) is 13.2. The highest BCUT2D eigenvalue weighted by atomic mass is 16.5. The van der Waals surface area contributed by atoms with E-state index in [9.17, 15) is 9.59 Å². The van der Waals surface area contributed by atoms with Crippen molar-refractivity contribution in [1.82, 2.24) is 39.3 Å². The molecule has 0 aliphatic rings. The van der Waals surface area contributed by atoms with Crippen LogP contribution in [0.4, 0.5) is 0 Å². The molecule has 0 saturated heterocycles. The van der Waals surface area contributed by atoms with Crippen LogP contribution in [0.15, 0.2) is 58.1 Å². The van der Waals surface area contributed by atoms with Crippen molar-refractivity contribution in [3.05, 3.63) is 80.8 Å². The average molecular weight is 529 g/mol. The molecule has 3 aromatic heterocycles. The van der Waals surface area contributed by atoms with Crippen molar-refractivity contribution in [3.63, 3.8) is 0 Å². The molecule has 0 fully saturated rings. The number of hydrogen-bond donors (Lipinski definition) is 1. The van der Waals surface area contributed by atoms with Gasteiger partial charge in [0.2, 0.25) is 0 Å². The van der Waals surface area contributed by atoms with Gasteiger partial charge in [0.1, 0.15) is 5.82 Å². The van der Waals surface area contributed by atoms with E-state index in [0.29, 0.717) is 36.5 Å². The average Bonchev–Trinajstić information content (AvgIpc) is 3.61. The summed E-state index contributed by atoms with van der Waals surface area (Å²) in [5, 5.41) is 14.3. The maximum atomic E-state index is 13.6. The quantitative estimate of drug-likeness (QED) is 0.279. The zero-order chi connectivity index (χ0) is 27.4. The van der Waals surface area contributed by atoms with Crippen molar-refractivity contribution in [2.24, 2.45) is 0 Å². The van der Waals surface area contributed by atoms with E-state index in [-0.39, 0.29) is 24.4 Å². The SMILES string of the molecule is CCCc1nc2c(c(=O)n(CCOC)c(=O)n2CCC)n1Cc1ccc(-c2ccccc2-c2nnn[nH]2)cc1. The molecule has 5 aromatic rings. The number of aromatic amines is 1. The largest absolute Gasteiger partial charge is 0.383 e. The van der Waals surface area contributed by atoms with Crippen LogP contribution < -0.4 is 11.2 Å². The molecule has 0 amide bonds. The van der Waals surface area contributed by atoms with Crippen molar-refractivity contribution in [2.75, 3.05) is 13.7 Å². The van der Waals surface area contributed by atoms with Crippen LogP contribution in [0.2, 0.25) is 0 Å². The monoisotopic (exact) mass is 528 g/mol. The molecular weight excluding hydrogens is 496 g/mol. The summed E-state index contributed by atoms with van der Waals surface area (Å²) in [6.07, 6.45) is 2.31. The van der Waals surface area contributed by atoms with E-state index in [1.807, 2.05) is 35.8 Å². The van der Waals surface area contributed by atoms with Gasteiger partial charge >= 0.3 is 5.69 Å². The highest BCUT2D eigenvalue weighted by Gasteiger charge is 2.21. The van der Waals surface area contributed by atoms with Gasteiger partial charge in [-0.15, -0.1) is 5.10 Å². The number of methoxy groups -OCH3 is 1. The van der Waals surface area contributed by atoms with E-state index in [0.717, 1.165) is 40.9 Å². The standard InChI is InChI=1S/C28H32N8O3/c1-4-8-23-29-26-24(27(37)35(16-17-39-3)28(38)34(26)15-5-2)36(23)18-19-11-13-20(14-12-19)21-9-6-7-10-22(21)25-30-32-33-31-25/h6-7,9-14H,4-5,8,15-18H2,1-3H3,(H,30,31,32,33). The molecule has 11 heteroatoms. The van der Waals surface area contributed by atoms with Gasteiger partial charge in [-0.25, -0.2) is 14.9 Å². The molecule has 0 saturated carbocycles. The Hall–Kier alpha value is -4.38. The Kier molecular flexibility index (Phi) is 7.78. The summed E-state index contributed by atoms with van der Waals surface area (Å²) < 4.78 is 10.0. The molecule has 1 N–H and O–H groups in total. The molecule has 0 unspecified atom stereocenters. The Bertz CT molecular complexity index is 1680. The lowest BCUT2D eigenvalue weighted by Gasteiger charge is -2.13. The minimum Gasteiger partial charge on any atom is -0.383 e. The molecule has 0 bridgehead atoms. The summed E-state index contributed by atoms with van der Waals surface area (Å²) in [6.45, 7) is 5.50. The first kappa shape index (κ1) is 26.2. The lowest BCUT2D eigenvalue weighted by molar-refractivity contribution is 0.184. The van der Waals surface area contributed by atoms with Crippen LogP contribution in [0.25, 0.3) is 33.7 Å². The van der Waals surface area contributed by atoms with E-state index < -0.39 is 0 Å². The molecule has 0 aliphatic carbocycles. The smallest absolute Gasteiger partial charge is 0.332 e. The molecule has 5 rings (SSSR count). The number of tetrazole rings is 1. The predicted octanol–water partition coefficient (Wildman–Crippen LogP) is 3.26. The summed E-state index contributed by atoms with van der Waals surface area (Å²) in [5.74, 6) is 1.40. The van der Waals surface area contributed by atoms with E-state index in [1.165, 1.54) is 4.57 Å². The van der Waals surface area contributed by atoms with E-state index in [1.54, 1.807) is 11.7 Å². The van der Waals surface area contributed by atoms with Gasteiger partial charge in [0, 0.05) is 32.2 Å². The van der Waals surface area contributed by atoms with Gasteiger partial charge in [0.15, 0.2) is 17.0 Å². The predicted molar refractivity (Wildman–Crippen MR) is 149 cm³/mol. The van der Waals surface area contributed by atoms with Gasteiger partial charge < -0.3 is 9.30 Å². The van der Waals surface area contributed by atoms with Crippen LogP contribution >= 0.6 is 0 Å². The fourth-order valence-electron chi connectivity index (χ4n) is 4.91. The summed E-state index contributed by atoms with van der Waals surface area (Å²) in [4.78, 5) is 31.7. The summed E-state index contributed by atoms with van der Waals surface area (Å²) in [5.41, 5.74) is 4.19. The molecule has 0 spiro atoms. The van der Waals surface area contributed by atoms with Crippen molar-refractivity contribution in [2.45, 2.75) is 52.7 Å². The topological polar surface area (TPSA) is 126 Å². The van der Waals surface area contributed by atoms with Crippen LogP contribution in [-0.2, 0) is 30.8 Å². The third kappa shape index (κ3) is 5.05. The number of hydrogen-bond acceptors (Lipinski definition) is 7. The van der Waals surface area contributed by atoms with Crippen LogP contribution in [0, 0.1) is 0 Å². The van der Waals surface area contributed by atoms with Gasteiger partial charge in [0.25, 0.3) is 5.56 Å². The van der Waals surface area contributed by atoms with Gasteiger partial charge in [-0.2, -0.15) is 0 Å². The zero-order valence-corrected chi connectivity index (χ0v) is 22.4. The van der Waals surface area contributed by atoms with Gasteiger partial charge in [-0.1, -0.05) is 62.4 Å². The van der Waals surface area contributed by atoms with Crippen LogP contribution in [0.1, 0.15) is 38.1 Å². The van der Waals surface area contributed by atoms with Crippen molar-refractivity contribution < 1.29 is 4.74 Å². The number of fused-ring (bicyclic) bond motifs is 1. The number of benzene rings is 2. The second-order valence-electron chi connectivity index (χ2n) is 9.41. The maximum absolute atomic E-state index is 13.6. The third-order valence-electron chi connectivity index (χ3n) is 6.77. The van der Waals surface area contributed by atoms with Gasteiger partial charge in [-0.3, -0.25) is 13.9 Å². The molecule has 0 radical (unpaired) electrons. The Morgan fingerprint density at radius 1 is 0.897 bits per heavy atom. The molecule has 11 nitrogen and oxygen atoms in total. The first-order valence-corrected chi connectivity index (χ1v) is 13.2. The Labute approximate surface area is 225 Å². The van der Waals surface area contributed by atoms with Crippen molar-refractivity contribution >= 4 is 11.2 Å².